The van der Waals surface area contributed by atoms with Gasteiger partial charge < -0.3 is 52.5 Å². The van der Waals surface area contributed by atoms with Crippen LogP contribution in [0.3, 0.4) is 0 Å². The summed E-state index contributed by atoms with van der Waals surface area (Å²) >= 11 is 0. The molecule has 5 unspecified atom stereocenters. The maximum atomic E-state index is 12.8. The summed E-state index contributed by atoms with van der Waals surface area (Å²) in [5.41, 5.74) is 13.0. The summed E-state index contributed by atoms with van der Waals surface area (Å²) in [5.74, 6) is 4.29. The van der Waals surface area contributed by atoms with E-state index in [1.165, 1.54) is 100 Å². The molecule has 9 aliphatic carbocycles. The van der Waals surface area contributed by atoms with Gasteiger partial charge in [0.2, 0.25) is 17.7 Å². The lowest BCUT2D eigenvalue weighted by molar-refractivity contribution is -0.135. The molecule has 0 aromatic rings. The molecular weight excluding hydrogens is 1590 g/mol. The average Bonchev–Trinajstić information content (AvgIpc) is 1.58. The number of hydrogen-bond donors (Lipinski definition) is 3. The van der Waals surface area contributed by atoms with Crippen molar-refractivity contribution in [3.63, 3.8) is 0 Å². The Morgan fingerprint density at radius 2 is 0.837 bits per heavy atom. The predicted molar refractivity (Wildman–Crippen MR) is 521 cm³/mol. The Morgan fingerprint density at radius 3 is 1.19 bits per heavy atom. The highest BCUT2D eigenvalue weighted by Gasteiger charge is 2.56. The molecule has 14 nitrogen and oxygen atoms in total. The normalized spacial score (nSPS) is 35.4. The molecular formula is C105H177N3O11Si4. The fourth-order valence-electron chi connectivity index (χ4n) is 23.4. The van der Waals surface area contributed by atoms with Crippen molar-refractivity contribution < 1.29 is 52.2 Å². The molecule has 0 aromatic heterocycles. The van der Waals surface area contributed by atoms with Gasteiger partial charge in [-0.15, -0.1) is 0 Å². The molecule has 0 bridgehead atoms. The van der Waals surface area contributed by atoms with E-state index >= 15 is 0 Å². The molecule has 3 heterocycles. The molecule has 3 aliphatic heterocycles. The number of aldehydes is 1. The second kappa shape index (κ2) is 40.0. The average molecular weight is 1770 g/mol. The minimum atomic E-state index is -2.01. The first kappa shape index (κ1) is 103. The summed E-state index contributed by atoms with van der Waals surface area (Å²) in [4.78, 5) is 52.7. The Bertz CT molecular complexity index is 4020. The van der Waals surface area contributed by atoms with Crippen molar-refractivity contribution in [2.75, 3.05) is 40.8 Å². The molecule has 3 N–H and O–H groups in total. The standard InChI is InChI=1S/C39H69NO4Si2.C34H60O3Si2.C27H39NO3.C5H9NO/c1-26-29(24-30(43-45(11,12)37(3,4)5)25-34(26)44-46(13,14)38(6,7)8)18-17-28-16-15-22-39(9)32(19-20-33(28)39)27(2)35(41)31-21-23-40(10)36(31)42;1-24(23-35)29-18-19-30-26(15-14-20-34(29,30)9)16-17-27-21-28(36-38(10,11)32(3,4)5)22-31(25(27)2)37-39(12,13)33(6,7)8;1-17(14-21-11-13-28(4)26(21)31)23-9-10-24-19(6-5-12-27(23,24)3)7-8-20-15-22(29)16-25(30)18(20)2;1-6-4-2-3-5(6)7/h17-18,27,30-35,41H,1,15-16,19-25H2,2-14H3;16-17,23-24,28-31H,2,14-15,18-22H2,1,3-13H3;7-8,14,17,22-25,29-30H,2,5-6,9-13,15-16H2,1,3-4H3;2-4H2,1H3/b28-17+,29-18-;26-16+,27-17-;19-7+,20-8-,21-14+;/t27-,30+,31?,32+,33?,34-,35?,39+;24-,28-,29-,30?,31+,34-;17-,22-,23-,24?,25+,27-;/m011./s1. The van der Waals surface area contributed by atoms with E-state index in [4.69, 9.17) is 17.7 Å². The van der Waals surface area contributed by atoms with Gasteiger partial charge in [-0.25, -0.2) is 0 Å². The highest BCUT2D eigenvalue weighted by molar-refractivity contribution is 6.75. The number of hydrogen-bond acceptors (Lipinski definition) is 11. The Hall–Kier alpha value is -3.93. The highest BCUT2D eigenvalue weighted by atomic mass is 28.4. The third-order valence-electron chi connectivity index (χ3n) is 35.5. The zero-order valence-corrected chi connectivity index (χ0v) is 87.3. The molecule has 0 aromatic carbocycles. The smallest absolute Gasteiger partial charge is 0.249 e. The summed E-state index contributed by atoms with van der Waals surface area (Å²) < 4.78 is 28.2. The first-order valence-corrected chi connectivity index (χ1v) is 60.3. The van der Waals surface area contributed by atoms with Gasteiger partial charge in [0.25, 0.3) is 0 Å². The molecule has 12 fully saturated rings. The summed E-state index contributed by atoms with van der Waals surface area (Å²) in [6.45, 7) is 76.7. The number of likely N-dealkylation sites (N-methyl/N-ethyl adjacent to an activating group) is 1. The molecule has 12 aliphatic rings. The van der Waals surface area contributed by atoms with Crippen molar-refractivity contribution in [3.8, 4) is 0 Å². The van der Waals surface area contributed by atoms with Gasteiger partial charge in [-0.2, -0.15) is 0 Å². The molecule has 3 amide bonds. The van der Waals surface area contributed by atoms with Gasteiger partial charge in [0.05, 0.1) is 48.6 Å². The molecule has 18 heteroatoms. The Labute approximate surface area is 754 Å². The SMILES string of the molecule is C=C1/C(=C\C=C2/CCC[C@@]3(C)C2CC[C@@H]3[C@H](C)/C=C2\CCN(C)C2=O)C[C@@H](O)C[C@@H]1O.C=C1/C(=C\C=C2/CCC[C@@]3(C)C2CC[C@@H]3[C@H](C)C(O)C2CCN(C)C2=O)C[C@@H](O[Si](C)(C)C(C)(C)C)C[C@@H]1O[Si](C)(C)C(C)(C)C.C=C1/C(=C\C=C2/CCC[C@@]3(C)C2CC[C@@H]3[C@H](C)C=O)C[C@@H](O[Si](C)(C)C(C)(C)C)C[C@@H]1O[Si](C)(C)C(C)(C)C.CN1CCCC1=O. The molecule has 123 heavy (non-hydrogen) atoms. The highest BCUT2D eigenvalue weighted by Crippen LogP contribution is 2.63. The quantitative estimate of drug-likeness (QED) is 0.0676. The minimum absolute atomic E-state index is 0.0128. The summed E-state index contributed by atoms with van der Waals surface area (Å²) in [6, 6.07) is 0. The van der Waals surface area contributed by atoms with Crippen molar-refractivity contribution in [3.05, 3.63) is 118 Å². The number of rotatable bonds is 18. The van der Waals surface area contributed by atoms with Crippen LogP contribution in [0.2, 0.25) is 72.5 Å². The number of likely N-dealkylation sites (tertiary alicyclic amines) is 3. The Kier molecular flexibility index (Phi) is 33.5. The lowest BCUT2D eigenvalue weighted by Gasteiger charge is -2.46. The van der Waals surface area contributed by atoms with E-state index in [9.17, 15) is 34.5 Å². The zero-order chi connectivity index (χ0) is 91.8. The molecule has 20 atom stereocenters. The second-order valence-electron chi connectivity index (χ2n) is 47.8. The van der Waals surface area contributed by atoms with E-state index in [1.807, 2.05) is 26.0 Å². The van der Waals surface area contributed by atoms with E-state index in [0.29, 0.717) is 60.2 Å². The first-order chi connectivity index (χ1) is 56.7. The van der Waals surface area contributed by atoms with Crippen LogP contribution in [0.25, 0.3) is 0 Å². The summed E-state index contributed by atoms with van der Waals surface area (Å²) in [7, 11) is -2.25. The molecule has 3 saturated heterocycles. The van der Waals surface area contributed by atoms with Crippen LogP contribution in [0.15, 0.2) is 118 Å². The van der Waals surface area contributed by atoms with Gasteiger partial charge in [0.15, 0.2) is 33.3 Å². The van der Waals surface area contributed by atoms with Crippen molar-refractivity contribution in [2.24, 2.45) is 75.4 Å². The number of aliphatic hydroxyl groups is 3. The Morgan fingerprint density at radius 1 is 0.447 bits per heavy atom. The summed E-state index contributed by atoms with van der Waals surface area (Å²) in [6.07, 6.45) is 42.0. The van der Waals surface area contributed by atoms with E-state index in [-0.39, 0.29) is 90.4 Å². The fourth-order valence-corrected chi connectivity index (χ4v) is 28.7. The number of aliphatic hydroxyl groups excluding tert-OH is 3. The Balaban J connectivity index is 0.000000204. The number of allylic oxidation sites excluding steroid dienone is 10. The van der Waals surface area contributed by atoms with Crippen molar-refractivity contribution in [1.29, 1.82) is 0 Å². The first-order valence-electron chi connectivity index (χ1n) is 48.7. The van der Waals surface area contributed by atoms with Crippen LogP contribution in [0.4, 0.5) is 0 Å². The third kappa shape index (κ3) is 23.3. The minimum Gasteiger partial charge on any atom is -0.413 e. The monoisotopic (exact) mass is 1770 g/mol. The van der Waals surface area contributed by atoms with Gasteiger partial charge in [0.1, 0.15) is 6.29 Å². The number of carbonyl (C=O) groups is 4. The number of nitrogens with zero attached hydrogens (tertiary/aromatic N) is 3. The van der Waals surface area contributed by atoms with Crippen LogP contribution in [0.5, 0.6) is 0 Å². The van der Waals surface area contributed by atoms with Gasteiger partial charge in [-0.05, 0) is 304 Å². The van der Waals surface area contributed by atoms with Crippen LogP contribution in [-0.4, -0.2) is 171 Å². The van der Waals surface area contributed by atoms with Gasteiger partial charge in [0, 0.05) is 78.0 Å². The van der Waals surface area contributed by atoms with Crippen LogP contribution in [0.1, 0.15) is 285 Å². The van der Waals surface area contributed by atoms with Crippen LogP contribution < -0.4 is 0 Å². The lowest BCUT2D eigenvalue weighted by Crippen LogP contribution is -2.49. The molecule has 694 valence electrons. The molecule has 0 spiro atoms. The molecule has 12 rings (SSSR count). The third-order valence-corrected chi connectivity index (χ3v) is 53.5. The maximum absolute atomic E-state index is 12.8. The maximum Gasteiger partial charge on any atom is 0.249 e. The van der Waals surface area contributed by atoms with E-state index in [1.54, 1.807) is 20.9 Å². The zero-order valence-electron chi connectivity index (χ0n) is 83.3. The van der Waals surface area contributed by atoms with Crippen LogP contribution >= 0.6 is 0 Å². The van der Waals surface area contributed by atoms with Gasteiger partial charge in [-0.1, -0.05) is 204 Å². The van der Waals surface area contributed by atoms with Crippen molar-refractivity contribution in [2.45, 2.75) is 400 Å². The predicted octanol–water partition coefficient (Wildman–Crippen LogP) is 24.5. The van der Waals surface area contributed by atoms with E-state index < -0.39 is 51.6 Å². The van der Waals surface area contributed by atoms with Crippen molar-refractivity contribution in [1.82, 2.24) is 14.7 Å². The summed E-state index contributed by atoms with van der Waals surface area (Å²) in [5, 5.41) is 32.2. The van der Waals surface area contributed by atoms with Crippen LogP contribution in [0, 0.1) is 75.4 Å². The second-order valence-corrected chi connectivity index (χ2v) is 66.9. The van der Waals surface area contributed by atoms with Crippen LogP contribution in [-0.2, 0) is 36.9 Å². The lowest BCUT2D eigenvalue weighted by atomic mass is 9.60. The molecule has 9 saturated carbocycles. The fraction of sp³-hybridized carbons (Fsp3) is 0.771. The van der Waals surface area contributed by atoms with E-state index in [2.05, 4.69) is 239 Å². The molecule has 0 radical (unpaired) electrons. The van der Waals surface area contributed by atoms with Gasteiger partial charge >= 0.3 is 0 Å². The van der Waals surface area contributed by atoms with Crippen molar-refractivity contribution >= 4 is 57.3 Å². The number of amides is 3. The number of fused-ring (bicyclic) bond motifs is 3. The number of carbonyl (C=O) groups excluding carboxylic acids is 4. The van der Waals surface area contributed by atoms with E-state index in [0.717, 1.165) is 118 Å². The largest absolute Gasteiger partial charge is 0.413 e. The topological polar surface area (TPSA) is 176 Å². The van der Waals surface area contributed by atoms with Gasteiger partial charge in [-0.3, -0.25) is 14.4 Å².